The van der Waals surface area contributed by atoms with Gasteiger partial charge in [-0.05, 0) is 36.4 Å². The van der Waals surface area contributed by atoms with Crippen molar-refractivity contribution < 1.29 is 9.00 Å². The van der Waals surface area contributed by atoms with Crippen LogP contribution in [-0.2, 0) is 10.8 Å². The van der Waals surface area contributed by atoms with E-state index in [0.29, 0.717) is 20.4 Å². The molecule has 0 bridgehead atoms. The van der Waals surface area contributed by atoms with Gasteiger partial charge in [-0.15, -0.1) is 0 Å². The lowest BCUT2D eigenvalue weighted by atomic mass is 10.2. The van der Waals surface area contributed by atoms with Crippen LogP contribution in [0.4, 0.5) is 0 Å². The van der Waals surface area contributed by atoms with Crippen LogP contribution < -0.4 is 5.32 Å². The second kappa shape index (κ2) is 5.99. The number of hydrogen-bond donors (Lipinski definition) is 1. The number of nitrogens with one attached hydrogen (secondary N) is 1. The topological polar surface area (TPSA) is 46.2 Å². The Bertz CT molecular complexity index is 626. The average molecular weight is 294 g/mol. The van der Waals surface area contributed by atoms with Gasteiger partial charge < -0.3 is 5.32 Å². The van der Waals surface area contributed by atoms with Crippen molar-refractivity contribution in [2.75, 3.05) is 7.05 Å². The Morgan fingerprint density at radius 1 is 1.11 bits per heavy atom. The summed E-state index contributed by atoms with van der Waals surface area (Å²) in [5.74, 6) is -0.252. The van der Waals surface area contributed by atoms with Crippen LogP contribution >= 0.6 is 11.6 Å². The van der Waals surface area contributed by atoms with Crippen molar-refractivity contribution in [1.82, 2.24) is 5.32 Å². The first-order valence-corrected chi connectivity index (χ1v) is 7.14. The molecule has 0 aliphatic heterocycles. The fraction of sp³-hybridized carbons (Fsp3) is 0.0714. The monoisotopic (exact) mass is 293 g/mol. The van der Waals surface area contributed by atoms with E-state index in [1.54, 1.807) is 55.6 Å². The SMILES string of the molecule is CNC(=O)c1ccccc1S(=O)c1ccc(Cl)cc1. The molecule has 1 N–H and O–H groups in total. The first-order valence-electron chi connectivity index (χ1n) is 5.62. The van der Waals surface area contributed by atoms with Gasteiger partial charge in [-0.3, -0.25) is 4.79 Å². The third kappa shape index (κ3) is 3.03. The molecule has 0 spiro atoms. The number of benzene rings is 2. The predicted molar refractivity (Wildman–Crippen MR) is 76.0 cm³/mol. The van der Waals surface area contributed by atoms with Crippen LogP contribution in [0.15, 0.2) is 58.3 Å². The van der Waals surface area contributed by atoms with Gasteiger partial charge in [0.05, 0.1) is 21.3 Å². The molecule has 0 fully saturated rings. The first-order chi connectivity index (χ1) is 9.13. The molecule has 2 aromatic carbocycles. The minimum absolute atomic E-state index is 0.252. The Kier molecular flexibility index (Phi) is 4.35. The standard InChI is InChI=1S/C14H12ClNO2S/c1-16-14(17)12-4-2-3-5-13(12)19(18)11-8-6-10(15)7-9-11/h2-9H,1H3,(H,16,17). The number of amides is 1. The summed E-state index contributed by atoms with van der Waals surface area (Å²) < 4.78 is 12.5. The van der Waals surface area contributed by atoms with Crippen molar-refractivity contribution in [1.29, 1.82) is 0 Å². The Morgan fingerprint density at radius 2 is 1.74 bits per heavy atom. The average Bonchev–Trinajstić information content (AvgIpc) is 2.46. The zero-order chi connectivity index (χ0) is 13.8. The van der Waals surface area contributed by atoms with Crippen LogP contribution in [0.2, 0.25) is 5.02 Å². The van der Waals surface area contributed by atoms with E-state index in [0.717, 1.165) is 0 Å². The molecule has 0 saturated carbocycles. The van der Waals surface area contributed by atoms with E-state index in [1.807, 2.05) is 0 Å². The van der Waals surface area contributed by atoms with E-state index < -0.39 is 10.8 Å². The number of carbonyl (C=O) groups excluding carboxylic acids is 1. The lowest BCUT2D eigenvalue weighted by Gasteiger charge is -2.08. The highest BCUT2D eigenvalue weighted by Crippen LogP contribution is 2.21. The molecule has 5 heteroatoms. The number of rotatable bonds is 3. The van der Waals surface area contributed by atoms with Crippen LogP contribution in [0.1, 0.15) is 10.4 Å². The van der Waals surface area contributed by atoms with Gasteiger partial charge in [-0.25, -0.2) is 4.21 Å². The molecule has 2 rings (SSSR count). The maximum absolute atomic E-state index is 12.5. The van der Waals surface area contributed by atoms with Crippen LogP contribution in [0.3, 0.4) is 0 Å². The van der Waals surface area contributed by atoms with Gasteiger partial charge in [0.25, 0.3) is 5.91 Å². The summed E-state index contributed by atoms with van der Waals surface area (Å²) in [5.41, 5.74) is 0.415. The lowest BCUT2D eigenvalue weighted by molar-refractivity contribution is 0.0960. The summed E-state index contributed by atoms with van der Waals surface area (Å²) in [6.07, 6.45) is 0. The number of hydrogen-bond acceptors (Lipinski definition) is 2. The molecule has 0 aliphatic carbocycles. The molecule has 0 heterocycles. The van der Waals surface area contributed by atoms with Crippen LogP contribution in [0.25, 0.3) is 0 Å². The Hall–Kier alpha value is -1.65. The largest absolute Gasteiger partial charge is 0.355 e. The van der Waals surface area contributed by atoms with E-state index >= 15 is 0 Å². The Balaban J connectivity index is 2.44. The van der Waals surface area contributed by atoms with Crippen LogP contribution in [0.5, 0.6) is 0 Å². The summed E-state index contributed by atoms with van der Waals surface area (Å²) >= 11 is 5.80. The maximum atomic E-state index is 12.5. The zero-order valence-corrected chi connectivity index (χ0v) is 11.8. The summed E-state index contributed by atoms with van der Waals surface area (Å²) in [6.45, 7) is 0. The van der Waals surface area contributed by atoms with E-state index in [-0.39, 0.29) is 5.91 Å². The van der Waals surface area contributed by atoms with E-state index in [9.17, 15) is 9.00 Å². The third-order valence-electron chi connectivity index (χ3n) is 2.59. The molecular weight excluding hydrogens is 282 g/mol. The molecule has 19 heavy (non-hydrogen) atoms. The zero-order valence-electron chi connectivity index (χ0n) is 10.2. The normalized spacial score (nSPS) is 11.9. The smallest absolute Gasteiger partial charge is 0.252 e. The fourth-order valence-electron chi connectivity index (χ4n) is 1.64. The molecule has 98 valence electrons. The van der Waals surface area contributed by atoms with Crippen molar-refractivity contribution in [3.05, 3.63) is 59.1 Å². The summed E-state index contributed by atoms with van der Waals surface area (Å²) in [7, 11) is 0.138. The quantitative estimate of drug-likeness (QED) is 0.946. The van der Waals surface area contributed by atoms with E-state index in [4.69, 9.17) is 11.6 Å². The highest BCUT2D eigenvalue weighted by Gasteiger charge is 2.15. The van der Waals surface area contributed by atoms with Gasteiger partial charge in [-0.1, -0.05) is 23.7 Å². The first kappa shape index (κ1) is 13.8. The maximum Gasteiger partial charge on any atom is 0.252 e. The van der Waals surface area contributed by atoms with Crippen molar-refractivity contribution >= 4 is 28.3 Å². The molecule has 0 aliphatic rings. The van der Waals surface area contributed by atoms with Gasteiger partial charge in [-0.2, -0.15) is 0 Å². The second-order valence-electron chi connectivity index (χ2n) is 3.80. The minimum Gasteiger partial charge on any atom is -0.355 e. The third-order valence-corrected chi connectivity index (χ3v) is 4.29. The van der Waals surface area contributed by atoms with Gasteiger partial charge in [0.2, 0.25) is 0 Å². The van der Waals surface area contributed by atoms with Crippen molar-refractivity contribution in [3.8, 4) is 0 Å². The molecule has 1 atom stereocenters. The summed E-state index contributed by atoms with van der Waals surface area (Å²) in [5, 5.41) is 3.13. The van der Waals surface area contributed by atoms with Crippen LogP contribution in [0, 0.1) is 0 Å². The van der Waals surface area contributed by atoms with Gasteiger partial charge >= 0.3 is 0 Å². The predicted octanol–water partition coefficient (Wildman–Crippen LogP) is 2.87. The molecule has 0 saturated heterocycles. The molecular formula is C14H12ClNO2S. The molecule has 1 unspecified atom stereocenters. The summed E-state index contributed by atoms with van der Waals surface area (Å²) in [4.78, 5) is 12.9. The van der Waals surface area contributed by atoms with E-state index in [1.165, 1.54) is 0 Å². The number of halogens is 1. The highest BCUT2D eigenvalue weighted by molar-refractivity contribution is 7.85. The van der Waals surface area contributed by atoms with Crippen LogP contribution in [-0.4, -0.2) is 17.2 Å². The highest BCUT2D eigenvalue weighted by atomic mass is 35.5. The molecule has 3 nitrogen and oxygen atoms in total. The van der Waals surface area contributed by atoms with Gasteiger partial charge in [0.15, 0.2) is 0 Å². The van der Waals surface area contributed by atoms with Crippen molar-refractivity contribution in [2.45, 2.75) is 9.79 Å². The van der Waals surface area contributed by atoms with Gasteiger partial charge in [0.1, 0.15) is 0 Å². The fourth-order valence-corrected chi connectivity index (χ4v) is 2.96. The van der Waals surface area contributed by atoms with E-state index in [2.05, 4.69) is 5.32 Å². The minimum atomic E-state index is -1.41. The van der Waals surface area contributed by atoms with Gasteiger partial charge in [0, 0.05) is 17.0 Å². The molecule has 0 aromatic heterocycles. The van der Waals surface area contributed by atoms with Crippen molar-refractivity contribution in [3.63, 3.8) is 0 Å². The second-order valence-corrected chi connectivity index (χ2v) is 5.68. The number of carbonyl (C=O) groups is 1. The summed E-state index contributed by atoms with van der Waals surface area (Å²) in [6, 6.07) is 13.6. The lowest BCUT2D eigenvalue weighted by Crippen LogP contribution is -2.19. The Labute approximate surface area is 119 Å². The van der Waals surface area contributed by atoms with Crippen molar-refractivity contribution in [2.24, 2.45) is 0 Å². The molecule has 0 radical (unpaired) electrons. The molecule has 2 aromatic rings. The Morgan fingerprint density at radius 3 is 2.37 bits per heavy atom. The molecule has 1 amide bonds.